The molecule has 0 spiro atoms. The Kier molecular flexibility index (Phi) is 3.61. The summed E-state index contributed by atoms with van der Waals surface area (Å²) in [5.74, 6) is -1.30. The number of H-pyrrole nitrogens is 1. The lowest BCUT2D eigenvalue weighted by molar-refractivity contribution is 0.584. The molecule has 1 heterocycles. The van der Waals surface area contributed by atoms with Crippen molar-refractivity contribution in [3.8, 4) is 11.3 Å². The summed E-state index contributed by atoms with van der Waals surface area (Å²) >= 11 is 0. The predicted molar refractivity (Wildman–Crippen MR) is 79.0 cm³/mol. The van der Waals surface area contributed by atoms with Crippen molar-refractivity contribution in [2.24, 2.45) is 10.2 Å². The lowest BCUT2D eigenvalue weighted by Gasteiger charge is -2.00. The molecule has 0 aliphatic carbocycles. The van der Waals surface area contributed by atoms with Crippen molar-refractivity contribution >= 4 is 17.2 Å². The molecule has 0 saturated heterocycles. The minimum Gasteiger partial charge on any atom is -0.380 e. The molecule has 0 bridgehead atoms. The molecule has 7 heteroatoms. The molecule has 5 nitrogen and oxygen atoms in total. The molecule has 3 aromatic rings. The normalized spacial score (nSPS) is 11.2. The first kappa shape index (κ1) is 13.9. The Bertz CT molecular complexity index is 807. The summed E-state index contributed by atoms with van der Waals surface area (Å²) in [6.45, 7) is 0. The maximum Gasteiger partial charge on any atom is 0.173 e. The van der Waals surface area contributed by atoms with Gasteiger partial charge < -0.3 is 5.73 Å². The van der Waals surface area contributed by atoms with Crippen LogP contribution >= 0.6 is 0 Å². The van der Waals surface area contributed by atoms with Crippen molar-refractivity contribution in [2.75, 3.05) is 5.73 Å². The summed E-state index contributed by atoms with van der Waals surface area (Å²) in [5.41, 5.74) is 7.15. The second kappa shape index (κ2) is 5.72. The van der Waals surface area contributed by atoms with Gasteiger partial charge in [0.15, 0.2) is 11.5 Å². The topological polar surface area (TPSA) is 79.4 Å². The van der Waals surface area contributed by atoms with Crippen LogP contribution in [0.2, 0.25) is 0 Å². The van der Waals surface area contributed by atoms with Gasteiger partial charge in [0.1, 0.15) is 11.6 Å². The quantitative estimate of drug-likeness (QED) is 0.705. The minimum absolute atomic E-state index is 0.0966. The van der Waals surface area contributed by atoms with E-state index < -0.39 is 11.6 Å². The first-order valence-corrected chi connectivity index (χ1v) is 6.40. The number of nitrogens with one attached hydrogen (secondary N) is 1. The largest absolute Gasteiger partial charge is 0.380 e. The maximum absolute atomic E-state index is 13.3. The summed E-state index contributed by atoms with van der Waals surface area (Å²) in [5, 5.41) is 14.5. The fourth-order valence-electron chi connectivity index (χ4n) is 1.95. The van der Waals surface area contributed by atoms with Gasteiger partial charge in [-0.05, 0) is 24.3 Å². The number of hydrogen-bond acceptors (Lipinski definition) is 4. The Labute approximate surface area is 124 Å². The van der Waals surface area contributed by atoms with E-state index in [1.54, 1.807) is 12.1 Å². The molecule has 0 amide bonds. The van der Waals surface area contributed by atoms with Gasteiger partial charge >= 0.3 is 0 Å². The Morgan fingerprint density at radius 2 is 1.64 bits per heavy atom. The number of nitrogens with zero attached hydrogens (tertiary/aromatic N) is 3. The van der Waals surface area contributed by atoms with E-state index in [1.165, 1.54) is 0 Å². The third kappa shape index (κ3) is 2.83. The van der Waals surface area contributed by atoms with Crippen molar-refractivity contribution in [3.63, 3.8) is 0 Å². The Hall–Kier alpha value is -3.09. The number of hydrogen-bond donors (Lipinski definition) is 2. The van der Waals surface area contributed by atoms with E-state index in [2.05, 4.69) is 20.4 Å². The zero-order valence-electron chi connectivity index (χ0n) is 11.3. The minimum atomic E-state index is -0.700. The van der Waals surface area contributed by atoms with Crippen LogP contribution in [-0.4, -0.2) is 10.2 Å². The number of nitrogen functional groups attached to an aromatic ring is 1. The van der Waals surface area contributed by atoms with E-state index >= 15 is 0 Å². The highest BCUT2D eigenvalue weighted by atomic mass is 19.1. The van der Waals surface area contributed by atoms with Crippen LogP contribution in [0.25, 0.3) is 11.3 Å². The first-order chi connectivity index (χ1) is 10.6. The molecule has 0 aliphatic rings. The smallest absolute Gasteiger partial charge is 0.173 e. The fourth-order valence-corrected chi connectivity index (χ4v) is 1.95. The SMILES string of the molecule is Nc1n[nH]c(-c2cc(F)cc(F)c2)c1N=Nc1ccccc1. The van der Waals surface area contributed by atoms with Gasteiger partial charge in [0.05, 0.1) is 11.4 Å². The van der Waals surface area contributed by atoms with E-state index in [1.807, 2.05) is 18.2 Å². The van der Waals surface area contributed by atoms with E-state index in [0.29, 0.717) is 11.4 Å². The van der Waals surface area contributed by atoms with Crippen LogP contribution in [0.4, 0.5) is 26.0 Å². The molecule has 0 atom stereocenters. The zero-order valence-corrected chi connectivity index (χ0v) is 11.3. The molecular formula is C15H11F2N5. The van der Waals surface area contributed by atoms with Gasteiger partial charge in [0.25, 0.3) is 0 Å². The molecule has 0 unspecified atom stereocenters. The van der Waals surface area contributed by atoms with Gasteiger partial charge in [-0.2, -0.15) is 10.2 Å². The molecule has 3 rings (SSSR count). The highest BCUT2D eigenvalue weighted by Crippen LogP contribution is 2.34. The second-order valence-corrected chi connectivity index (χ2v) is 4.53. The lowest BCUT2D eigenvalue weighted by Crippen LogP contribution is -1.85. The van der Waals surface area contributed by atoms with Crippen LogP contribution in [-0.2, 0) is 0 Å². The molecule has 110 valence electrons. The van der Waals surface area contributed by atoms with Crippen LogP contribution in [0.5, 0.6) is 0 Å². The van der Waals surface area contributed by atoms with Gasteiger partial charge in [0.2, 0.25) is 0 Å². The zero-order chi connectivity index (χ0) is 15.5. The van der Waals surface area contributed by atoms with Gasteiger partial charge in [0, 0.05) is 11.6 Å². The number of benzene rings is 2. The van der Waals surface area contributed by atoms with Gasteiger partial charge in [-0.15, -0.1) is 5.11 Å². The van der Waals surface area contributed by atoms with Crippen molar-refractivity contribution in [2.45, 2.75) is 0 Å². The maximum atomic E-state index is 13.3. The second-order valence-electron chi connectivity index (χ2n) is 4.53. The van der Waals surface area contributed by atoms with Gasteiger partial charge in [-0.1, -0.05) is 18.2 Å². The molecule has 1 aromatic heterocycles. The van der Waals surface area contributed by atoms with E-state index in [-0.39, 0.29) is 17.1 Å². The Morgan fingerprint density at radius 1 is 0.955 bits per heavy atom. The highest BCUT2D eigenvalue weighted by molar-refractivity contribution is 5.79. The van der Waals surface area contributed by atoms with E-state index in [0.717, 1.165) is 18.2 Å². The third-order valence-corrected chi connectivity index (χ3v) is 2.94. The van der Waals surface area contributed by atoms with Crippen LogP contribution in [0.3, 0.4) is 0 Å². The number of aromatic amines is 1. The molecule has 0 aliphatic heterocycles. The first-order valence-electron chi connectivity index (χ1n) is 6.40. The summed E-state index contributed by atoms with van der Waals surface area (Å²) < 4.78 is 26.7. The highest BCUT2D eigenvalue weighted by Gasteiger charge is 2.14. The Balaban J connectivity index is 2.02. The van der Waals surface area contributed by atoms with Gasteiger partial charge in [-0.3, -0.25) is 5.10 Å². The fraction of sp³-hybridized carbons (Fsp3) is 0. The number of aromatic nitrogens is 2. The van der Waals surface area contributed by atoms with Crippen LogP contribution in [0, 0.1) is 11.6 Å². The monoisotopic (exact) mass is 299 g/mol. The molecule has 0 fully saturated rings. The average Bonchev–Trinajstić information content (AvgIpc) is 2.86. The van der Waals surface area contributed by atoms with Crippen molar-refractivity contribution in [1.82, 2.24) is 10.2 Å². The van der Waals surface area contributed by atoms with E-state index in [4.69, 9.17) is 5.73 Å². The summed E-state index contributed by atoms with van der Waals surface area (Å²) in [4.78, 5) is 0. The average molecular weight is 299 g/mol. The van der Waals surface area contributed by atoms with Crippen LogP contribution < -0.4 is 5.73 Å². The molecule has 2 aromatic carbocycles. The molecule has 3 N–H and O–H groups in total. The number of anilines is 1. The predicted octanol–water partition coefficient (Wildman–Crippen LogP) is 4.35. The van der Waals surface area contributed by atoms with Crippen LogP contribution in [0.15, 0.2) is 58.8 Å². The van der Waals surface area contributed by atoms with E-state index in [9.17, 15) is 8.78 Å². The molecule has 22 heavy (non-hydrogen) atoms. The van der Waals surface area contributed by atoms with Crippen molar-refractivity contribution in [1.29, 1.82) is 0 Å². The molecule has 0 saturated carbocycles. The summed E-state index contributed by atoms with van der Waals surface area (Å²) in [6, 6.07) is 12.1. The summed E-state index contributed by atoms with van der Waals surface area (Å²) in [7, 11) is 0. The number of azo groups is 1. The molecular weight excluding hydrogens is 288 g/mol. The Morgan fingerprint density at radius 3 is 2.32 bits per heavy atom. The molecule has 0 radical (unpaired) electrons. The number of nitrogens with two attached hydrogens (primary N) is 1. The number of rotatable bonds is 3. The number of halogens is 2. The summed E-state index contributed by atoms with van der Waals surface area (Å²) in [6.07, 6.45) is 0. The van der Waals surface area contributed by atoms with Crippen molar-refractivity contribution < 1.29 is 8.78 Å². The van der Waals surface area contributed by atoms with Crippen molar-refractivity contribution in [3.05, 3.63) is 60.2 Å². The van der Waals surface area contributed by atoms with Crippen LogP contribution in [0.1, 0.15) is 0 Å². The van der Waals surface area contributed by atoms with Gasteiger partial charge in [-0.25, -0.2) is 8.78 Å². The third-order valence-electron chi connectivity index (χ3n) is 2.94. The standard InChI is InChI=1S/C15H11F2N5/c16-10-6-9(7-11(17)8-10)13-14(15(18)22-20-13)21-19-12-4-2-1-3-5-12/h1-8H,(H3,18,20,22). The lowest BCUT2D eigenvalue weighted by atomic mass is 10.1.